The van der Waals surface area contributed by atoms with Crippen LogP contribution in [-0.2, 0) is 16.8 Å². The number of pyridine rings is 1. The zero-order valence-electron chi connectivity index (χ0n) is 23.2. The van der Waals surface area contributed by atoms with Gasteiger partial charge < -0.3 is 10.2 Å². The first-order valence-corrected chi connectivity index (χ1v) is 17.0. The number of aryl methyl sites for hydroxylation is 1. The van der Waals surface area contributed by atoms with E-state index in [-0.39, 0.29) is 17.1 Å². The molecule has 2 aliphatic rings. The molecule has 0 aliphatic heterocycles. The number of aliphatic hydroxyl groups is 1. The number of thiophene rings is 1. The van der Waals surface area contributed by atoms with Crippen LogP contribution >= 0.6 is 46.3 Å². The average molecular weight is 639 g/mol. The number of hydrogen-bond acceptors (Lipinski definition) is 5. The Morgan fingerprint density at radius 3 is 2.52 bits per heavy atom. The molecule has 4 nitrogen and oxygen atoms in total. The van der Waals surface area contributed by atoms with Gasteiger partial charge in [0.25, 0.3) is 0 Å². The van der Waals surface area contributed by atoms with Crippen LogP contribution < -0.4 is 0 Å². The van der Waals surface area contributed by atoms with Crippen LogP contribution in [0.5, 0.6) is 0 Å². The normalized spacial score (nSPS) is 17.8. The quantitative estimate of drug-likeness (QED) is 0.162. The molecule has 42 heavy (non-hydrogen) atoms. The van der Waals surface area contributed by atoms with E-state index in [2.05, 4.69) is 59.6 Å². The van der Waals surface area contributed by atoms with Gasteiger partial charge in [0.05, 0.1) is 27.4 Å². The second-order valence-electron chi connectivity index (χ2n) is 11.8. The molecular weight excluding hydrogens is 605 g/mol. The number of aliphatic carboxylic acids is 1. The van der Waals surface area contributed by atoms with E-state index in [4.69, 9.17) is 23.2 Å². The number of fused-ring (bicyclic) bond motifs is 1. The average Bonchev–Trinajstić information content (AvgIpc) is 3.67. The highest BCUT2D eigenvalue weighted by Gasteiger charge is 2.44. The standard InChI is InChI=1S/C34H33Cl2NO3S2/c35-30-31-28(42-32(30)36)14-12-26(37-31)11-7-23-3-1-4-24(19-23)27(41-21-33(17-18-33)20-29(38)39)13-8-22-5-9-25(10-6-22)34(40)15-2-16-34/h1,3-7,9-12,14,19,27,40H,2,8,13,15-18,20-21H2,(H,38,39)/b11-7+/t27-/m1/s1. The Kier molecular flexibility index (Phi) is 8.72. The smallest absolute Gasteiger partial charge is 0.303 e. The van der Waals surface area contributed by atoms with Gasteiger partial charge in [-0.25, -0.2) is 4.98 Å². The van der Waals surface area contributed by atoms with Crippen LogP contribution in [0.2, 0.25) is 9.36 Å². The minimum Gasteiger partial charge on any atom is -0.481 e. The molecule has 0 spiro atoms. The van der Waals surface area contributed by atoms with Crippen LogP contribution in [0.15, 0.2) is 60.7 Å². The summed E-state index contributed by atoms with van der Waals surface area (Å²) in [6.07, 6.45) is 10.9. The van der Waals surface area contributed by atoms with E-state index in [1.54, 1.807) is 0 Å². The Hall–Kier alpha value is -2.35. The Balaban J connectivity index is 1.19. The molecule has 2 N–H and O–H groups in total. The lowest BCUT2D eigenvalue weighted by atomic mass is 9.75. The lowest BCUT2D eigenvalue weighted by Crippen LogP contribution is -2.33. The minimum absolute atomic E-state index is 0.0672. The fourth-order valence-corrected chi connectivity index (χ4v) is 8.63. The number of nitrogens with zero attached hydrogens (tertiary/aromatic N) is 1. The fourth-order valence-electron chi connectivity index (χ4n) is 5.65. The number of hydrogen-bond donors (Lipinski definition) is 2. The SMILES string of the molecule is O=C(O)CC1(CS[C@H](CCc2ccc(C3(O)CCC3)cc2)c2cccc(/C=C/c3ccc4sc(Cl)c(Cl)c4n3)c2)CC1. The van der Waals surface area contributed by atoms with Gasteiger partial charge in [0.1, 0.15) is 9.85 Å². The predicted molar refractivity (Wildman–Crippen MR) is 177 cm³/mol. The first-order valence-electron chi connectivity index (χ1n) is 14.4. The third-order valence-electron chi connectivity index (χ3n) is 8.63. The van der Waals surface area contributed by atoms with E-state index < -0.39 is 11.6 Å². The van der Waals surface area contributed by atoms with Gasteiger partial charge in [-0.05, 0) is 90.8 Å². The van der Waals surface area contributed by atoms with Gasteiger partial charge in [-0.1, -0.05) is 77.8 Å². The second kappa shape index (κ2) is 12.3. The second-order valence-corrected chi connectivity index (χ2v) is 15.0. The van der Waals surface area contributed by atoms with Crippen molar-refractivity contribution < 1.29 is 15.0 Å². The van der Waals surface area contributed by atoms with Gasteiger partial charge in [-0.3, -0.25) is 4.79 Å². The molecule has 2 aliphatic carbocycles. The number of aromatic nitrogens is 1. The molecule has 2 aromatic carbocycles. The van der Waals surface area contributed by atoms with E-state index >= 15 is 0 Å². The van der Waals surface area contributed by atoms with E-state index in [1.165, 1.54) is 22.5 Å². The van der Waals surface area contributed by atoms with Gasteiger partial charge in [0.2, 0.25) is 0 Å². The number of halogens is 2. The summed E-state index contributed by atoms with van der Waals surface area (Å²) in [6, 6.07) is 21.0. The monoisotopic (exact) mass is 637 g/mol. The van der Waals surface area contributed by atoms with Crippen molar-refractivity contribution in [3.05, 3.63) is 98.0 Å². The molecule has 1 atom stereocenters. The summed E-state index contributed by atoms with van der Waals surface area (Å²) in [6.45, 7) is 0. The predicted octanol–water partition coefficient (Wildman–Crippen LogP) is 9.81. The van der Waals surface area contributed by atoms with Crippen molar-refractivity contribution >= 4 is 74.6 Å². The Labute approximate surface area is 264 Å². The molecule has 2 fully saturated rings. The maximum atomic E-state index is 11.5. The van der Waals surface area contributed by atoms with Crippen LogP contribution in [-0.4, -0.2) is 26.9 Å². The van der Waals surface area contributed by atoms with Gasteiger partial charge in [-0.15, -0.1) is 11.3 Å². The lowest BCUT2D eigenvalue weighted by molar-refractivity contribution is -0.138. The molecule has 8 heteroatoms. The van der Waals surface area contributed by atoms with E-state index in [1.807, 2.05) is 30.0 Å². The molecule has 2 aromatic heterocycles. The van der Waals surface area contributed by atoms with Gasteiger partial charge in [0, 0.05) is 11.0 Å². The van der Waals surface area contributed by atoms with Gasteiger partial charge in [-0.2, -0.15) is 11.8 Å². The largest absolute Gasteiger partial charge is 0.481 e. The van der Waals surface area contributed by atoms with E-state index in [0.717, 1.165) is 77.7 Å². The zero-order chi connectivity index (χ0) is 29.3. The van der Waals surface area contributed by atoms with Gasteiger partial charge >= 0.3 is 5.97 Å². The van der Waals surface area contributed by atoms with Crippen molar-refractivity contribution in [3.63, 3.8) is 0 Å². The molecular formula is C34H33Cl2NO3S2. The van der Waals surface area contributed by atoms with E-state index in [9.17, 15) is 15.0 Å². The highest BCUT2D eigenvalue weighted by atomic mass is 35.5. The van der Waals surface area contributed by atoms with Gasteiger partial charge in [0.15, 0.2) is 0 Å². The fraction of sp³-hybridized carbons (Fsp3) is 0.353. The highest BCUT2D eigenvalue weighted by molar-refractivity contribution is 7.99. The van der Waals surface area contributed by atoms with Crippen LogP contribution in [0, 0.1) is 5.41 Å². The third kappa shape index (κ3) is 6.74. The Bertz CT molecular complexity index is 1620. The first-order chi connectivity index (χ1) is 20.2. The number of carboxylic acids is 1. The molecule has 4 aromatic rings. The minimum atomic E-state index is -0.706. The Morgan fingerprint density at radius 1 is 1.05 bits per heavy atom. The van der Waals surface area contributed by atoms with Crippen LogP contribution in [0.3, 0.4) is 0 Å². The summed E-state index contributed by atoms with van der Waals surface area (Å²) in [4.78, 5) is 16.2. The van der Waals surface area contributed by atoms with Crippen molar-refractivity contribution in [2.24, 2.45) is 5.41 Å². The number of carboxylic acid groups (broad SMARTS) is 1. The maximum absolute atomic E-state index is 11.5. The summed E-state index contributed by atoms with van der Waals surface area (Å²) in [5, 5.41) is 20.9. The number of rotatable bonds is 12. The molecule has 0 radical (unpaired) electrons. The molecule has 6 rings (SSSR count). The summed E-state index contributed by atoms with van der Waals surface area (Å²) in [7, 11) is 0. The first kappa shape index (κ1) is 29.7. The molecule has 2 saturated carbocycles. The molecule has 0 unspecified atom stereocenters. The van der Waals surface area contributed by atoms with E-state index in [0.29, 0.717) is 9.36 Å². The third-order valence-corrected chi connectivity index (χ3v) is 12.2. The number of benzene rings is 2. The summed E-state index contributed by atoms with van der Waals surface area (Å²) in [5.74, 6) is 0.145. The number of thioether (sulfide) groups is 1. The topological polar surface area (TPSA) is 70.4 Å². The van der Waals surface area contributed by atoms with Crippen molar-refractivity contribution in [2.75, 3.05) is 5.75 Å². The maximum Gasteiger partial charge on any atom is 0.303 e. The summed E-state index contributed by atoms with van der Waals surface area (Å²) in [5.41, 5.74) is 5.43. The van der Waals surface area contributed by atoms with Crippen LogP contribution in [0.4, 0.5) is 0 Å². The molecule has 2 heterocycles. The summed E-state index contributed by atoms with van der Waals surface area (Å²) < 4.78 is 1.52. The zero-order valence-corrected chi connectivity index (χ0v) is 26.3. The molecule has 0 saturated heterocycles. The van der Waals surface area contributed by atoms with Crippen LogP contribution in [0.25, 0.3) is 22.4 Å². The van der Waals surface area contributed by atoms with Crippen molar-refractivity contribution in [3.8, 4) is 0 Å². The van der Waals surface area contributed by atoms with Crippen LogP contribution in [0.1, 0.15) is 78.1 Å². The van der Waals surface area contributed by atoms with Crippen molar-refractivity contribution in [1.29, 1.82) is 0 Å². The molecule has 0 amide bonds. The van der Waals surface area contributed by atoms with Crippen molar-refractivity contribution in [1.82, 2.24) is 4.98 Å². The molecule has 0 bridgehead atoms. The number of carbonyl (C=O) groups is 1. The molecule has 218 valence electrons. The van der Waals surface area contributed by atoms with Crippen molar-refractivity contribution in [2.45, 2.75) is 62.2 Å². The summed E-state index contributed by atoms with van der Waals surface area (Å²) >= 11 is 15.8. The Morgan fingerprint density at radius 2 is 1.83 bits per heavy atom. The lowest BCUT2D eigenvalue weighted by Gasteiger charge is -2.37. The highest BCUT2D eigenvalue weighted by Crippen LogP contribution is 2.53.